The Hall–Kier alpha value is -3.72. The van der Waals surface area contributed by atoms with Gasteiger partial charge in [0.2, 0.25) is 11.9 Å². The fourth-order valence-electron chi connectivity index (χ4n) is 7.07. The Labute approximate surface area is 236 Å². The number of nitrogens with zero attached hydrogens (tertiary/aromatic N) is 7. The molecule has 9 nitrogen and oxygen atoms in total. The van der Waals surface area contributed by atoms with Crippen LogP contribution in [0.5, 0.6) is 0 Å². The Morgan fingerprint density at radius 3 is 2.50 bits per heavy atom. The van der Waals surface area contributed by atoms with E-state index in [1.54, 1.807) is 0 Å². The van der Waals surface area contributed by atoms with Crippen molar-refractivity contribution in [2.75, 3.05) is 54.9 Å². The fourth-order valence-corrected chi connectivity index (χ4v) is 7.07. The minimum atomic E-state index is -0.554. The first-order valence-electron chi connectivity index (χ1n) is 14.7. The summed E-state index contributed by atoms with van der Waals surface area (Å²) in [5, 5.41) is 3.33. The molecular formula is C31H38N8O. The largest absolute Gasteiger partial charge is 0.368 e. The summed E-state index contributed by atoms with van der Waals surface area (Å²) in [4.78, 5) is 37.7. The molecule has 1 N–H and O–H groups in total. The molecule has 0 bridgehead atoms. The van der Waals surface area contributed by atoms with Gasteiger partial charge in [0, 0.05) is 63.5 Å². The average molecular weight is 539 g/mol. The molecule has 1 spiro atoms. The van der Waals surface area contributed by atoms with Crippen molar-refractivity contribution in [3.63, 3.8) is 0 Å². The van der Waals surface area contributed by atoms with E-state index in [0.717, 1.165) is 74.9 Å². The molecule has 1 saturated carbocycles. The van der Waals surface area contributed by atoms with Gasteiger partial charge in [-0.15, -0.1) is 0 Å². The third kappa shape index (κ3) is 4.56. The van der Waals surface area contributed by atoms with Gasteiger partial charge >= 0.3 is 0 Å². The SMILES string of the molecule is CN1CCN(c2ccc(Nc3ncc4c(n3)N(C3CCCC3)[C@]3(CCN(Cc5ccccc5)C3=O)C4)nc2)CC1. The van der Waals surface area contributed by atoms with Gasteiger partial charge in [0.25, 0.3) is 0 Å². The van der Waals surface area contributed by atoms with Crippen LogP contribution in [0, 0.1) is 0 Å². The van der Waals surface area contributed by atoms with E-state index in [-0.39, 0.29) is 5.91 Å². The van der Waals surface area contributed by atoms with Crippen LogP contribution in [0.25, 0.3) is 0 Å². The molecule has 4 aliphatic rings. The zero-order chi connectivity index (χ0) is 27.1. The lowest BCUT2D eigenvalue weighted by Gasteiger charge is -2.39. The van der Waals surface area contributed by atoms with Crippen molar-refractivity contribution in [3.8, 4) is 0 Å². The molecule has 1 aliphatic carbocycles. The minimum absolute atomic E-state index is 0.233. The highest BCUT2D eigenvalue weighted by Crippen LogP contribution is 2.47. The number of rotatable bonds is 6. The van der Waals surface area contributed by atoms with Gasteiger partial charge in [-0.3, -0.25) is 4.79 Å². The van der Waals surface area contributed by atoms with Gasteiger partial charge in [0.15, 0.2) is 0 Å². The van der Waals surface area contributed by atoms with Gasteiger partial charge < -0.3 is 24.9 Å². The number of aromatic nitrogens is 3. The maximum Gasteiger partial charge on any atom is 0.249 e. The number of benzene rings is 1. The van der Waals surface area contributed by atoms with Crippen molar-refractivity contribution < 1.29 is 4.79 Å². The van der Waals surface area contributed by atoms with E-state index in [9.17, 15) is 4.79 Å². The number of amides is 1. The van der Waals surface area contributed by atoms with Gasteiger partial charge in [-0.25, -0.2) is 9.97 Å². The third-order valence-electron chi connectivity index (χ3n) is 9.26. The fraction of sp³-hybridized carbons (Fsp3) is 0.484. The molecule has 2 aromatic heterocycles. The van der Waals surface area contributed by atoms with Gasteiger partial charge in [0.05, 0.1) is 11.9 Å². The van der Waals surface area contributed by atoms with Crippen molar-refractivity contribution in [2.24, 2.45) is 0 Å². The van der Waals surface area contributed by atoms with Gasteiger partial charge in [-0.2, -0.15) is 4.98 Å². The maximum atomic E-state index is 14.1. The van der Waals surface area contributed by atoms with Crippen LogP contribution in [0.3, 0.4) is 0 Å². The molecule has 208 valence electrons. The molecule has 1 amide bonds. The Morgan fingerprint density at radius 2 is 1.75 bits per heavy atom. The topological polar surface area (TPSA) is 80.7 Å². The van der Waals surface area contributed by atoms with Crippen LogP contribution >= 0.6 is 0 Å². The number of hydrogen-bond donors (Lipinski definition) is 1. The molecule has 5 heterocycles. The zero-order valence-electron chi connectivity index (χ0n) is 23.3. The second kappa shape index (κ2) is 10.4. The monoisotopic (exact) mass is 538 g/mol. The first kappa shape index (κ1) is 25.3. The number of pyridine rings is 1. The molecule has 3 fully saturated rings. The third-order valence-corrected chi connectivity index (χ3v) is 9.26. The Bertz CT molecular complexity index is 1350. The molecule has 1 aromatic carbocycles. The summed E-state index contributed by atoms with van der Waals surface area (Å²) in [6, 6.07) is 14.8. The van der Waals surface area contributed by atoms with Gasteiger partial charge in [0.1, 0.15) is 17.2 Å². The van der Waals surface area contributed by atoms with Gasteiger partial charge in [-0.1, -0.05) is 43.2 Å². The number of carbonyl (C=O) groups is 1. The van der Waals surface area contributed by atoms with E-state index in [1.165, 1.54) is 18.4 Å². The molecule has 7 rings (SSSR count). The smallest absolute Gasteiger partial charge is 0.249 e. The number of carbonyl (C=O) groups excluding carboxylic acids is 1. The van der Waals surface area contributed by atoms with E-state index in [2.05, 4.69) is 55.2 Å². The first-order valence-corrected chi connectivity index (χ1v) is 14.7. The molecule has 2 saturated heterocycles. The van der Waals surface area contributed by atoms with Crippen LogP contribution in [0.4, 0.5) is 23.3 Å². The van der Waals surface area contributed by atoms with E-state index >= 15 is 0 Å². The van der Waals surface area contributed by atoms with Crippen molar-refractivity contribution in [1.82, 2.24) is 24.8 Å². The Balaban J connectivity index is 1.12. The van der Waals surface area contributed by atoms with E-state index in [4.69, 9.17) is 4.98 Å². The lowest BCUT2D eigenvalue weighted by Crippen LogP contribution is -2.56. The summed E-state index contributed by atoms with van der Waals surface area (Å²) in [6.07, 6.45) is 9.98. The summed E-state index contributed by atoms with van der Waals surface area (Å²) in [7, 11) is 2.16. The predicted molar refractivity (Wildman–Crippen MR) is 157 cm³/mol. The molecule has 3 aromatic rings. The molecule has 40 heavy (non-hydrogen) atoms. The van der Waals surface area contributed by atoms with Crippen LogP contribution in [0.2, 0.25) is 0 Å². The van der Waals surface area contributed by atoms with Crippen molar-refractivity contribution in [3.05, 3.63) is 66.0 Å². The number of piperazine rings is 1. The number of hydrogen-bond acceptors (Lipinski definition) is 8. The molecule has 1 atom stereocenters. The van der Waals surface area contributed by atoms with Crippen LogP contribution in [0.15, 0.2) is 54.9 Å². The van der Waals surface area contributed by atoms with Crippen molar-refractivity contribution in [2.45, 2.75) is 56.7 Å². The quantitative estimate of drug-likeness (QED) is 0.507. The Kier molecular flexibility index (Phi) is 6.54. The lowest BCUT2D eigenvalue weighted by molar-refractivity contribution is -0.132. The second-order valence-corrected chi connectivity index (χ2v) is 11.8. The second-order valence-electron chi connectivity index (χ2n) is 11.8. The normalized spacial score (nSPS) is 23.4. The Morgan fingerprint density at radius 1 is 0.950 bits per heavy atom. The van der Waals surface area contributed by atoms with Crippen LogP contribution in [-0.2, 0) is 17.8 Å². The summed E-state index contributed by atoms with van der Waals surface area (Å²) in [5.74, 6) is 2.42. The lowest BCUT2D eigenvalue weighted by atomic mass is 9.91. The number of nitrogens with one attached hydrogen (secondary N) is 1. The molecule has 0 radical (unpaired) electrons. The first-order chi connectivity index (χ1) is 19.6. The maximum absolute atomic E-state index is 14.1. The van der Waals surface area contributed by atoms with Crippen LogP contribution in [0.1, 0.15) is 43.2 Å². The summed E-state index contributed by atoms with van der Waals surface area (Å²) < 4.78 is 0. The molecule has 3 aliphatic heterocycles. The van der Waals surface area contributed by atoms with E-state index < -0.39 is 5.54 Å². The summed E-state index contributed by atoms with van der Waals surface area (Å²) >= 11 is 0. The van der Waals surface area contributed by atoms with Crippen molar-refractivity contribution in [1.29, 1.82) is 0 Å². The predicted octanol–water partition coefficient (Wildman–Crippen LogP) is 3.84. The summed E-state index contributed by atoms with van der Waals surface area (Å²) in [6.45, 7) is 5.58. The highest BCUT2D eigenvalue weighted by molar-refractivity contribution is 5.94. The van der Waals surface area contributed by atoms with Gasteiger partial charge in [-0.05, 0) is 44.0 Å². The minimum Gasteiger partial charge on any atom is -0.368 e. The highest BCUT2D eigenvalue weighted by Gasteiger charge is 2.57. The number of fused-ring (bicyclic) bond motifs is 1. The standard InChI is InChI=1S/C31H38N8O/c1-36-15-17-37(18-16-36)26-11-12-27(32-21-26)34-30-33-20-24-19-31(39(28(24)35-30)25-9-5-6-10-25)13-14-38(29(31)40)22-23-7-3-2-4-8-23/h2-4,7-8,11-12,20-21,25H,5-6,9-10,13-19,22H2,1H3,(H,32,33,34,35)/t31-/m1/s1. The summed E-state index contributed by atoms with van der Waals surface area (Å²) in [5.41, 5.74) is 2.84. The van der Waals surface area contributed by atoms with Crippen LogP contribution in [-0.4, -0.2) is 82.0 Å². The number of anilines is 4. The van der Waals surface area contributed by atoms with E-state index in [1.807, 2.05) is 41.6 Å². The number of likely N-dealkylation sites (tertiary alicyclic amines) is 1. The molecule has 9 heteroatoms. The molecular weight excluding hydrogens is 500 g/mol. The highest BCUT2D eigenvalue weighted by atomic mass is 16.2. The average Bonchev–Trinajstić information content (AvgIpc) is 3.69. The number of likely N-dealkylation sites (N-methyl/N-ethyl adjacent to an activating group) is 1. The van der Waals surface area contributed by atoms with E-state index in [0.29, 0.717) is 25.0 Å². The zero-order valence-corrected chi connectivity index (χ0v) is 23.3. The van der Waals surface area contributed by atoms with Crippen LogP contribution < -0.4 is 15.1 Å². The molecule has 0 unspecified atom stereocenters. The van der Waals surface area contributed by atoms with Crippen molar-refractivity contribution >= 4 is 29.2 Å².